The molecule has 1 amide bonds. The third-order valence-corrected chi connectivity index (χ3v) is 2.41. The standard InChI is InChI=1S/C14H17N3O/c1-14(2,3)17-13(18)11-6-4-10(5-7-11)12-15-8-9-16-12/h4-9H,1-3H3,(H,15,16)(H,17,18). The van der Waals surface area contributed by atoms with Crippen LogP contribution in [0.25, 0.3) is 11.4 Å². The zero-order valence-corrected chi connectivity index (χ0v) is 10.8. The largest absolute Gasteiger partial charge is 0.347 e. The molecular formula is C14H17N3O. The number of carbonyl (C=O) groups is 1. The smallest absolute Gasteiger partial charge is 0.251 e. The quantitative estimate of drug-likeness (QED) is 0.851. The highest BCUT2D eigenvalue weighted by atomic mass is 16.1. The molecule has 0 aliphatic carbocycles. The van der Waals surface area contributed by atoms with E-state index in [0.717, 1.165) is 11.4 Å². The number of aromatic nitrogens is 2. The molecule has 1 aromatic carbocycles. The minimum Gasteiger partial charge on any atom is -0.347 e. The van der Waals surface area contributed by atoms with E-state index in [1.54, 1.807) is 24.5 Å². The maximum atomic E-state index is 11.9. The Bertz CT molecular complexity index is 521. The molecule has 0 bridgehead atoms. The van der Waals surface area contributed by atoms with Crippen LogP contribution in [-0.2, 0) is 0 Å². The molecule has 0 unspecified atom stereocenters. The van der Waals surface area contributed by atoms with E-state index < -0.39 is 0 Å². The molecule has 4 heteroatoms. The third-order valence-electron chi connectivity index (χ3n) is 2.41. The number of carbonyl (C=O) groups excluding carboxylic acids is 1. The van der Waals surface area contributed by atoms with E-state index in [4.69, 9.17) is 0 Å². The normalized spacial score (nSPS) is 11.3. The first kappa shape index (κ1) is 12.4. The molecule has 0 radical (unpaired) electrons. The number of aromatic amines is 1. The first-order chi connectivity index (χ1) is 8.46. The number of nitrogens with zero attached hydrogens (tertiary/aromatic N) is 1. The van der Waals surface area contributed by atoms with Crippen molar-refractivity contribution in [1.82, 2.24) is 15.3 Å². The Labute approximate surface area is 106 Å². The number of hydrogen-bond acceptors (Lipinski definition) is 2. The highest BCUT2D eigenvalue weighted by molar-refractivity contribution is 5.95. The van der Waals surface area contributed by atoms with Crippen LogP contribution < -0.4 is 5.32 Å². The van der Waals surface area contributed by atoms with Gasteiger partial charge in [-0.2, -0.15) is 0 Å². The molecule has 0 aliphatic rings. The van der Waals surface area contributed by atoms with Gasteiger partial charge in [0.25, 0.3) is 5.91 Å². The fourth-order valence-corrected chi connectivity index (χ4v) is 1.62. The Kier molecular flexibility index (Phi) is 3.19. The summed E-state index contributed by atoms with van der Waals surface area (Å²) < 4.78 is 0. The van der Waals surface area contributed by atoms with Crippen LogP contribution in [0.2, 0.25) is 0 Å². The summed E-state index contributed by atoms with van der Waals surface area (Å²) in [5, 5.41) is 2.93. The Morgan fingerprint density at radius 1 is 1.22 bits per heavy atom. The fourth-order valence-electron chi connectivity index (χ4n) is 1.62. The van der Waals surface area contributed by atoms with Crippen molar-refractivity contribution in [2.24, 2.45) is 0 Å². The summed E-state index contributed by atoms with van der Waals surface area (Å²) >= 11 is 0. The van der Waals surface area contributed by atoms with Crippen molar-refractivity contribution in [3.05, 3.63) is 42.2 Å². The molecule has 0 spiro atoms. The molecule has 0 saturated carbocycles. The Hall–Kier alpha value is -2.10. The second-order valence-electron chi connectivity index (χ2n) is 5.22. The molecule has 4 nitrogen and oxygen atoms in total. The first-order valence-corrected chi connectivity index (χ1v) is 5.88. The van der Waals surface area contributed by atoms with Crippen molar-refractivity contribution >= 4 is 5.91 Å². The minimum atomic E-state index is -0.225. The summed E-state index contributed by atoms with van der Waals surface area (Å²) in [5.74, 6) is 0.742. The summed E-state index contributed by atoms with van der Waals surface area (Å²) in [6, 6.07) is 7.38. The van der Waals surface area contributed by atoms with E-state index in [-0.39, 0.29) is 11.4 Å². The average Bonchev–Trinajstić information content (AvgIpc) is 2.80. The lowest BCUT2D eigenvalue weighted by Crippen LogP contribution is -2.40. The summed E-state index contributed by atoms with van der Waals surface area (Å²) in [7, 11) is 0. The van der Waals surface area contributed by atoms with Gasteiger partial charge in [0.15, 0.2) is 0 Å². The van der Waals surface area contributed by atoms with Crippen LogP contribution in [0, 0.1) is 0 Å². The van der Waals surface area contributed by atoms with Gasteiger partial charge in [-0.3, -0.25) is 4.79 Å². The lowest BCUT2D eigenvalue weighted by Gasteiger charge is -2.20. The van der Waals surface area contributed by atoms with Gasteiger partial charge in [-0.25, -0.2) is 4.98 Å². The van der Waals surface area contributed by atoms with Gasteiger partial charge in [0, 0.05) is 29.1 Å². The Morgan fingerprint density at radius 3 is 2.39 bits per heavy atom. The van der Waals surface area contributed by atoms with Crippen LogP contribution in [0.3, 0.4) is 0 Å². The van der Waals surface area contributed by atoms with Gasteiger partial charge in [0.05, 0.1) is 0 Å². The second-order valence-corrected chi connectivity index (χ2v) is 5.22. The highest BCUT2D eigenvalue weighted by Crippen LogP contribution is 2.15. The van der Waals surface area contributed by atoms with Gasteiger partial charge in [0.2, 0.25) is 0 Å². The molecule has 0 atom stereocenters. The molecule has 2 aromatic rings. The van der Waals surface area contributed by atoms with E-state index >= 15 is 0 Å². The van der Waals surface area contributed by atoms with E-state index in [2.05, 4.69) is 15.3 Å². The second kappa shape index (κ2) is 4.64. The number of imidazole rings is 1. The topological polar surface area (TPSA) is 57.8 Å². The van der Waals surface area contributed by atoms with Crippen molar-refractivity contribution in [3.8, 4) is 11.4 Å². The number of benzene rings is 1. The van der Waals surface area contributed by atoms with Crippen LogP contribution in [0.15, 0.2) is 36.7 Å². The summed E-state index contributed by atoms with van der Waals surface area (Å²) in [6.07, 6.45) is 3.48. The van der Waals surface area contributed by atoms with Crippen molar-refractivity contribution in [3.63, 3.8) is 0 Å². The molecule has 0 fully saturated rings. The Balaban J connectivity index is 2.15. The molecule has 0 aliphatic heterocycles. The van der Waals surface area contributed by atoms with Gasteiger partial charge in [-0.05, 0) is 32.9 Å². The predicted octanol–water partition coefficient (Wildman–Crippen LogP) is 2.61. The minimum absolute atomic E-state index is 0.0616. The summed E-state index contributed by atoms with van der Waals surface area (Å²) in [6.45, 7) is 5.88. The molecule has 94 valence electrons. The fraction of sp³-hybridized carbons (Fsp3) is 0.286. The lowest BCUT2D eigenvalue weighted by molar-refractivity contribution is 0.0919. The van der Waals surface area contributed by atoms with Gasteiger partial charge in [0.1, 0.15) is 5.82 Å². The zero-order valence-electron chi connectivity index (χ0n) is 10.8. The molecule has 0 saturated heterocycles. The van der Waals surface area contributed by atoms with Crippen LogP contribution in [-0.4, -0.2) is 21.4 Å². The van der Waals surface area contributed by atoms with Crippen LogP contribution in [0.4, 0.5) is 0 Å². The van der Waals surface area contributed by atoms with Crippen LogP contribution in [0.1, 0.15) is 31.1 Å². The average molecular weight is 243 g/mol. The molecule has 1 aromatic heterocycles. The summed E-state index contributed by atoms with van der Waals surface area (Å²) in [5.41, 5.74) is 1.39. The zero-order chi connectivity index (χ0) is 13.2. The maximum Gasteiger partial charge on any atom is 0.251 e. The number of H-pyrrole nitrogens is 1. The van der Waals surface area contributed by atoms with Crippen molar-refractivity contribution in [2.45, 2.75) is 26.3 Å². The van der Waals surface area contributed by atoms with Crippen LogP contribution in [0.5, 0.6) is 0 Å². The van der Waals surface area contributed by atoms with Gasteiger partial charge >= 0.3 is 0 Å². The van der Waals surface area contributed by atoms with Crippen molar-refractivity contribution < 1.29 is 4.79 Å². The van der Waals surface area contributed by atoms with Crippen molar-refractivity contribution in [2.75, 3.05) is 0 Å². The monoisotopic (exact) mass is 243 g/mol. The van der Waals surface area contributed by atoms with E-state index in [1.165, 1.54) is 0 Å². The van der Waals surface area contributed by atoms with E-state index in [1.807, 2.05) is 32.9 Å². The predicted molar refractivity (Wildman–Crippen MR) is 71.2 cm³/mol. The molecule has 2 rings (SSSR count). The highest BCUT2D eigenvalue weighted by Gasteiger charge is 2.15. The van der Waals surface area contributed by atoms with Crippen LogP contribution >= 0.6 is 0 Å². The molecule has 18 heavy (non-hydrogen) atoms. The molecule has 1 heterocycles. The van der Waals surface area contributed by atoms with Gasteiger partial charge < -0.3 is 10.3 Å². The van der Waals surface area contributed by atoms with Gasteiger partial charge in [-0.1, -0.05) is 12.1 Å². The number of nitrogens with one attached hydrogen (secondary N) is 2. The number of rotatable bonds is 2. The molecular weight excluding hydrogens is 226 g/mol. The number of amides is 1. The maximum absolute atomic E-state index is 11.9. The van der Waals surface area contributed by atoms with Gasteiger partial charge in [-0.15, -0.1) is 0 Å². The van der Waals surface area contributed by atoms with Crippen molar-refractivity contribution in [1.29, 1.82) is 0 Å². The number of hydrogen-bond donors (Lipinski definition) is 2. The molecule has 2 N–H and O–H groups in total. The summed E-state index contributed by atoms with van der Waals surface area (Å²) in [4.78, 5) is 19.1. The lowest BCUT2D eigenvalue weighted by atomic mass is 10.1. The van der Waals surface area contributed by atoms with E-state index in [9.17, 15) is 4.79 Å². The third kappa shape index (κ3) is 2.97. The Morgan fingerprint density at radius 2 is 1.89 bits per heavy atom. The van der Waals surface area contributed by atoms with E-state index in [0.29, 0.717) is 5.56 Å². The first-order valence-electron chi connectivity index (χ1n) is 5.88. The SMILES string of the molecule is CC(C)(C)NC(=O)c1ccc(-c2ncc[nH]2)cc1.